The lowest BCUT2D eigenvalue weighted by Gasteiger charge is -2.31. The van der Waals surface area contributed by atoms with Gasteiger partial charge in [-0.2, -0.15) is 0 Å². The highest BCUT2D eigenvalue weighted by atomic mass is 16.2. The zero-order chi connectivity index (χ0) is 21.8. The Balaban J connectivity index is 1.72. The number of hydrogen-bond donors (Lipinski definition) is 2. The Hall–Kier alpha value is -3.19. The summed E-state index contributed by atoms with van der Waals surface area (Å²) in [5, 5.41) is 5.78. The number of likely N-dealkylation sites (N-methyl/N-ethyl adjacent to an activating group) is 1. The van der Waals surface area contributed by atoms with Crippen molar-refractivity contribution in [1.82, 2.24) is 4.90 Å². The largest absolute Gasteiger partial charge is 0.324 e. The maximum atomic E-state index is 13.2. The summed E-state index contributed by atoms with van der Waals surface area (Å²) in [6.45, 7) is 5.61. The van der Waals surface area contributed by atoms with Gasteiger partial charge in [0.15, 0.2) is 0 Å². The molecular weight excluding hydrogens is 380 g/mol. The summed E-state index contributed by atoms with van der Waals surface area (Å²) >= 11 is 0. The summed E-state index contributed by atoms with van der Waals surface area (Å²) in [7, 11) is 1.75. The van der Waals surface area contributed by atoms with Crippen molar-refractivity contribution in [2.75, 3.05) is 29.1 Å². The van der Waals surface area contributed by atoms with Crippen LogP contribution in [0.2, 0.25) is 0 Å². The average Bonchev–Trinajstić information content (AvgIpc) is 2.83. The normalized spacial score (nSPS) is 17.0. The molecule has 0 fully saturated rings. The van der Waals surface area contributed by atoms with Gasteiger partial charge in [-0.3, -0.25) is 19.3 Å². The molecule has 0 bridgehead atoms. The molecule has 0 unspecified atom stereocenters. The third-order valence-corrected chi connectivity index (χ3v) is 5.46. The van der Waals surface area contributed by atoms with E-state index in [1.807, 2.05) is 56.3 Å². The third-order valence-electron chi connectivity index (χ3n) is 5.46. The van der Waals surface area contributed by atoms with Crippen molar-refractivity contribution in [3.05, 3.63) is 54.1 Å². The second kappa shape index (κ2) is 9.09. The van der Waals surface area contributed by atoms with Gasteiger partial charge < -0.3 is 15.5 Å². The Labute approximate surface area is 177 Å². The Morgan fingerprint density at radius 3 is 2.60 bits per heavy atom. The minimum Gasteiger partial charge on any atom is -0.324 e. The van der Waals surface area contributed by atoms with E-state index < -0.39 is 6.04 Å². The lowest BCUT2D eigenvalue weighted by Crippen LogP contribution is -2.48. The highest BCUT2D eigenvalue weighted by Gasteiger charge is 2.31. The van der Waals surface area contributed by atoms with Crippen LogP contribution in [-0.4, -0.2) is 48.3 Å². The van der Waals surface area contributed by atoms with Crippen LogP contribution in [0.1, 0.15) is 25.8 Å². The molecule has 0 saturated heterocycles. The van der Waals surface area contributed by atoms with Crippen molar-refractivity contribution >= 4 is 34.8 Å². The fourth-order valence-electron chi connectivity index (χ4n) is 3.54. The summed E-state index contributed by atoms with van der Waals surface area (Å²) in [6.07, 6.45) is 0.216. The predicted molar refractivity (Wildman–Crippen MR) is 119 cm³/mol. The lowest BCUT2D eigenvalue weighted by atomic mass is 10.1. The summed E-state index contributed by atoms with van der Waals surface area (Å²) in [6, 6.07) is 14.0. The quantitative estimate of drug-likeness (QED) is 0.797. The molecule has 2 atom stereocenters. The third kappa shape index (κ3) is 4.68. The minimum absolute atomic E-state index is 0.0508. The van der Waals surface area contributed by atoms with Gasteiger partial charge in [0.2, 0.25) is 17.7 Å². The molecule has 0 radical (unpaired) electrons. The lowest BCUT2D eigenvalue weighted by molar-refractivity contribution is -0.123. The van der Waals surface area contributed by atoms with Gasteiger partial charge in [-0.15, -0.1) is 0 Å². The molecule has 0 spiro atoms. The number of fused-ring (bicyclic) bond motifs is 1. The van der Waals surface area contributed by atoms with E-state index in [1.54, 1.807) is 29.8 Å². The Morgan fingerprint density at radius 1 is 1.20 bits per heavy atom. The number of carbonyl (C=O) groups excluding carboxylic acids is 3. The van der Waals surface area contributed by atoms with E-state index in [2.05, 4.69) is 10.6 Å². The molecule has 3 rings (SSSR count). The molecule has 30 heavy (non-hydrogen) atoms. The van der Waals surface area contributed by atoms with Crippen LogP contribution in [-0.2, 0) is 14.4 Å². The van der Waals surface area contributed by atoms with Crippen LogP contribution in [0.25, 0.3) is 0 Å². The molecule has 1 aliphatic heterocycles. The van der Waals surface area contributed by atoms with Crippen LogP contribution in [0.15, 0.2) is 48.5 Å². The maximum absolute atomic E-state index is 13.2. The minimum atomic E-state index is -0.508. The second-order valence-electron chi connectivity index (χ2n) is 7.78. The molecule has 2 aromatic carbocycles. The molecule has 0 aliphatic carbocycles. The first kappa shape index (κ1) is 21.5. The van der Waals surface area contributed by atoms with E-state index in [4.69, 9.17) is 0 Å². The Morgan fingerprint density at radius 2 is 1.87 bits per heavy atom. The van der Waals surface area contributed by atoms with Crippen molar-refractivity contribution in [1.29, 1.82) is 0 Å². The maximum Gasteiger partial charge on any atom is 0.241 e. The Bertz CT molecular complexity index is 959. The number of hydrogen-bond acceptors (Lipinski definition) is 4. The second-order valence-corrected chi connectivity index (χ2v) is 7.78. The number of nitrogens with one attached hydrogen (secondary N) is 2. The van der Waals surface area contributed by atoms with E-state index in [1.165, 1.54) is 0 Å². The van der Waals surface area contributed by atoms with Gasteiger partial charge in [-0.25, -0.2) is 0 Å². The summed E-state index contributed by atoms with van der Waals surface area (Å²) < 4.78 is 0. The fourth-order valence-corrected chi connectivity index (χ4v) is 3.54. The highest BCUT2D eigenvalue weighted by molar-refractivity contribution is 6.05. The number of para-hydroxylation sites is 3. The first-order valence-corrected chi connectivity index (χ1v) is 10.1. The molecule has 0 saturated carbocycles. The molecular formula is C23H28N4O3. The molecule has 2 N–H and O–H groups in total. The molecule has 7 heteroatoms. The predicted octanol–water partition coefficient (Wildman–Crippen LogP) is 3.02. The van der Waals surface area contributed by atoms with E-state index in [9.17, 15) is 14.4 Å². The molecule has 0 aromatic heterocycles. The molecule has 7 nitrogen and oxygen atoms in total. The Kier molecular flexibility index (Phi) is 6.52. The summed E-state index contributed by atoms with van der Waals surface area (Å²) in [4.78, 5) is 41.4. The molecule has 158 valence electrons. The van der Waals surface area contributed by atoms with Gasteiger partial charge in [-0.1, -0.05) is 30.3 Å². The van der Waals surface area contributed by atoms with Gasteiger partial charge >= 0.3 is 0 Å². The van der Waals surface area contributed by atoms with E-state index in [0.29, 0.717) is 11.4 Å². The van der Waals surface area contributed by atoms with Crippen LogP contribution in [0, 0.1) is 6.92 Å². The smallest absolute Gasteiger partial charge is 0.241 e. The van der Waals surface area contributed by atoms with Gasteiger partial charge in [0.1, 0.15) is 0 Å². The van der Waals surface area contributed by atoms with Crippen molar-refractivity contribution in [2.45, 2.75) is 39.3 Å². The van der Waals surface area contributed by atoms with Crippen molar-refractivity contribution in [3.63, 3.8) is 0 Å². The first-order chi connectivity index (χ1) is 14.3. The zero-order valence-electron chi connectivity index (χ0n) is 17.8. The van der Waals surface area contributed by atoms with E-state index in [0.717, 1.165) is 11.3 Å². The number of benzene rings is 2. The summed E-state index contributed by atoms with van der Waals surface area (Å²) in [5.41, 5.74) is 3.03. The number of rotatable bonds is 5. The fraction of sp³-hybridized carbons (Fsp3) is 0.348. The number of amides is 3. The van der Waals surface area contributed by atoms with Crippen LogP contribution in [0.3, 0.4) is 0 Å². The molecule has 2 aromatic rings. The number of anilines is 3. The first-order valence-electron chi connectivity index (χ1n) is 10.1. The van der Waals surface area contributed by atoms with Gasteiger partial charge in [0, 0.05) is 18.2 Å². The monoisotopic (exact) mass is 408 g/mol. The molecule has 1 aliphatic rings. The van der Waals surface area contributed by atoms with Crippen LogP contribution in [0.4, 0.5) is 17.1 Å². The zero-order valence-corrected chi connectivity index (χ0v) is 17.8. The molecule has 3 amide bonds. The SMILES string of the molecule is Cc1ccccc1NC(=O)[C@H](C)N(C)CC(=O)N1c2ccccc2NC(=O)C[C@@H]1C. The van der Waals surface area contributed by atoms with E-state index >= 15 is 0 Å². The topological polar surface area (TPSA) is 81.8 Å². The van der Waals surface area contributed by atoms with Crippen molar-refractivity contribution < 1.29 is 14.4 Å². The standard InChI is InChI=1S/C23H28N4O3/c1-15-9-5-6-10-18(15)25-23(30)17(3)26(4)14-22(29)27-16(2)13-21(28)24-19-11-7-8-12-20(19)27/h5-12,16-17H,13-14H2,1-4H3,(H,24,28)(H,25,30)/t16-,17-/m0/s1. The van der Waals surface area contributed by atoms with Gasteiger partial charge in [-0.05, 0) is 51.6 Å². The average molecular weight is 409 g/mol. The van der Waals surface area contributed by atoms with Crippen LogP contribution < -0.4 is 15.5 Å². The van der Waals surface area contributed by atoms with Gasteiger partial charge in [0.05, 0.1) is 24.0 Å². The number of aryl methyl sites for hydroxylation is 1. The van der Waals surface area contributed by atoms with Crippen molar-refractivity contribution in [2.24, 2.45) is 0 Å². The van der Waals surface area contributed by atoms with Crippen LogP contribution >= 0.6 is 0 Å². The van der Waals surface area contributed by atoms with E-state index in [-0.39, 0.29) is 36.7 Å². The van der Waals surface area contributed by atoms with Crippen LogP contribution in [0.5, 0.6) is 0 Å². The number of nitrogens with zero attached hydrogens (tertiary/aromatic N) is 2. The molecule has 1 heterocycles. The van der Waals surface area contributed by atoms with Gasteiger partial charge in [0.25, 0.3) is 0 Å². The number of carbonyl (C=O) groups is 3. The highest BCUT2D eigenvalue weighted by Crippen LogP contribution is 2.31. The van der Waals surface area contributed by atoms with Crippen molar-refractivity contribution in [3.8, 4) is 0 Å². The summed E-state index contributed by atoms with van der Waals surface area (Å²) in [5.74, 6) is -0.463.